The fraction of sp³-hybridized carbons (Fsp3) is 0.727. The van der Waals surface area contributed by atoms with Crippen LogP contribution in [-0.4, -0.2) is 27.5 Å². The van der Waals surface area contributed by atoms with Gasteiger partial charge in [-0.1, -0.05) is 18.5 Å². The number of aliphatic hydroxyl groups excluding tert-OH is 1. The van der Waals surface area contributed by atoms with Crippen molar-refractivity contribution in [3.05, 3.63) is 16.4 Å². The van der Waals surface area contributed by atoms with Gasteiger partial charge in [-0.3, -0.25) is 4.68 Å². The molecule has 1 atom stereocenters. The molecule has 1 unspecified atom stereocenters. The Morgan fingerprint density at radius 2 is 2.19 bits per heavy atom. The molecule has 1 heterocycles. The van der Waals surface area contributed by atoms with Crippen molar-refractivity contribution in [3.63, 3.8) is 0 Å². The Morgan fingerprint density at radius 3 is 2.69 bits per heavy atom. The first-order valence-electron chi connectivity index (χ1n) is 5.76. The number of nitrogens with two attached hydrogens (primary N) is 1. The van der Waals surface area contributed by atoms with E-state index in [0.29, 0.717) is 24.4 Å². The highest BCUT2D eigenvalue weighted by Crippen LogP contribution is 2.23. The van der Waals surface area contributed by atoms with Gasteiger partial charge in [-0.05, 0) is 26.3 Å². The highest BCUT2D eigenvalue weighted by atomic mass is 35.5. The van der Waals surface area contributed by atoms with Gasteiger partial charge in [0.05, 0.1) is 22.5 Å². The van der Waals surface area contributed by atoms with Gasteiger partial charge in [0.2, 0.25) is 0 Å². The van der Waals surface area contributed by atoms with Crippen LogP contribution in [0.2, 0.25) is 5.02 Å². The van der Waals surface area contributed by atoms with Crippen molar-refractivity contribution in [3.8, 4) is 0 Å². The number of hydrogen-bond acceptors (Lipinski definition) is 3. The lowest BCUT2D eigenvalue weighted by Crippen LogP contribution is -2.18. The smallest absolute Gasteiger partial charge is 0.0850 e. The van der Waals surface area contributed by atoms with E-state index in [-0.39, 0.29) is 0 Å². The van der Waals surface area contributed by atoms with E-state index in [1.165, 1.54) is 0 Å². The summed E-state index contributed by atoms with van der Waals surface area (Å²) in [6, 6.07) is 0. The molecular formula is C11H20ClN3O. The van der Waals surface area contributed by atoms with E-state index in [4.69, 9.17) is 17.3 Å². The van der Waals surface area contributed by atoms with Crippen LogP contribution >= 0.6 is 11.6 Å². The van der Waals surface area contributed by atoms with E-state index >= 15 is 0 Å². The summed E-state index contributed by atoms with van der Waals surface area (Å²) in [5.41, 5.74) is 7.23. The Bertz CT molecular complexity index is 338. The maximum absolute atomic E-state index is 9.75. The molecular weight excluding hydrogens is 226 g/mol. The lowest BCUT2D eigenvalue weighted by molar-refractivity contribution is 0.165. The summed E-state index contributed by atoms with van der Waals surface area (Å²) in [4.78, 5) is 0. The van der Waals surface area contributed by atoms with Gasteiger partial charge in [0.25, 0.3) is 0 Å². The van der Waals surface area contributed by atoms with Crippen LogP contribution in [0.4, 0.5) is 0 Å². The average molecular weight is 246 g/mol. The fourth-order valence-electron chi connectivity index (χ4n) is 1.73. The molecule has 0 amide bonds. The minimum atomic E-state index is -0.436. The van der Waals surface area contributed by atoms with E-state index < -0.39 is 6.10 Å². The maximum Gasteiger partial charge on any atom is 0.0850 e. The zero-order chi connectivity index (χ0) is 12.1. The third kappa shape index (κ3) is 2.97. The lowest BCUT2D eigenvalue weighted by atomic mass is 10.1. The molecule has 1 rings (SSSR count). The molecule has 0 saturated carbocycles. The molecule has 4 nitrogen and oxygen atoms in total. The predicted octanol–water partition coefficient (Wildman–Crippen LogP) is 1.37. The summed E-state index contributed by atoms with van der Waals surface area (Å²) in [5, 5.41) is 14.8. The Balaban J connectivity index is 2.88. The summed E-state index contributed by atoms with van der Waals surface area (Å²) in [6.45, 7) is 5.29. The maximum atomic E-state index is 9.75. The van der Waals surface area contributed by atoms with E-state index in [2.05, 4.69) is 5.10 Å². The monoisotopic (exact) mass is 245 g/mol. The third-order valence-electron chi connectivity index (χ3n) is 2.62. The Labute approximate surface area is 101 Å². The molecule has 0 aliphatic carbocycles. The van der Waals surface area contributed by atoms with E-state index in [9.17, 15) is 5.11 Å². The quantitative estimate of drug-likeness (QED) is 0.796. The molecule has 0 saturated heterocycles. The number of aryl methyl sites for hydroxylation is 2. The number of halogens is 1. The van der Waals surface area contributed by atoms with Crippen molar-refractivity contribution in [2.45, 2.75) is 45.8 Å². The topological polar surface area (TPSA) is 64.1 Å². The predicted molar refractivity (Wildman–Crippen MR) is 65.7 cm³/mol. The van der Waals surface area contributed by atoms with Gasteiger partial charge in [-0.25, -0.2) is 0 Å². The molecule has 0 aliphatic heterocycles. The number of aromatic nitrogens is 2. The Morgan fingerprint density at radius 1 is 1.50 bits per heavy atom. The van der Waals surface area contributed by atoms with Crippen molar-refractivity contribution in [1.29, 1.82) is 0 Å². The van der Waals surface area contributed by atoms with Gasteiger partial charge in [0.1, 0.15) is 0 Å². The largest absolute Gasteiger partial charge is 0.393 e. The van der Waals surface area contributed by atoms with Crippen LogP contribution in [0.1, 0.15) is 31.7 Å². The molecule has 0 aromatic carbocycles. The van der Waals surface area contributed by atoms with Crippen LogP contribution in [0, 0.1) is 0 Å². The van der Waals surface area contributed by atoms with Gasteiger partial charge in [-0.15, -0.1) is 0 Å². The second kappa shape index (κ2) is 6.23. The highest BCUT2D eigenvalue weighted by molar-refractivity contribution is 6.31. The fourth-order valence-corrected chi connectivity index (χ4v) is 2.08. The molecule has 92 valence electrons. The first kappa shape index (κ1) is 13.5. The first-order chi connectivity index (χ1) is 7.63. The van der Waals surface area contributed by atoms with Crippen LogP contribution in [0.3, 0.4) is 0 Å². The van der Waals surface area contributed by atoms with Crippen LogP contribution in [-0.2, 0) is 19.4 Å². The summed E-state index contributed by atoms with van der Waals surface area (Å²) >= 11 is 6.23. The lowest BCUT2D eigenvalue weighted by Gasteiger charge is -2.10. The van der Waals surface area contributed by atoms with E-state index in [0.717, 1.165) is 24.4 Å². The Kier molecular flexibility index (Phi) is 5.25. The second-order valence-corrected chi connectivity index (χ2v) is 4.19. The van der Waals surface area contributed by atoms with Crippen LogP contribution in [0.25, 0.3) is 0 Å². The third-order valence-corrected chi connectivity index (χ3v) is 3.06. The van der Waals surface area contributed by atoms with Crippen LogP contribution in [0.15, 0.2) is 0 Å². The molecule has 0 aliphatic rings. The van der Waals surface area contributed by atoms with Crippen molar-refractivity contribution < 1.29 is 5.11 Å². The molecule has 0 spiro atoms. The standard InChI is InChI=1S/C11H20ClN3O/c1-3-9-11(12)10(15(4-2)14-9)7-8(16)5-6-13/h8,16H,3-7,13H2,1-2H3. The van der Waals surface area contributed by atoms with Gasteiger partial charge in [0, 0.05) is 13.0 Å². The van der Waals surface area contributed by atoms with Crippen molar-refractivity contribution >= 4 is 11.6 Å². The van der Waals surface area contributed by atoms with Gasteiger partial charge < -0.3 is 10.8 Å². The Hall–Kier alpha value is -0.580. The molecule has 0 radical (unpaired) electrons. The van der Waals surface area contributed by atoms with E-state index in [1.807, 2.05) is 18.5 Å². The van der Waals surface area contributed by atoms with Crippen LogP contribution < -0.4 is 5.73 Å². The summed E-state index contributed by atoms with van der Waals surface area (Å²) in [5.74, 6) is 0. The molecule has 16 heavy (non-hydrogen) atoms. The highest BCUT2D eigenvalue weighted by Gasteiger charge is 2.17. The zero-order valence-electron chi connectivity index (χ0n) is 9.91. The van der Waals surface area contributed by atoms with Crippen LogP contribution in [0.5, 0.6) is 0 Å². The molecule has 3 N–H and O–H groups in total. The molecule has 0 fully saturated rings. The normalized spacial score (nSPS) is 13.1. The van der Waals surface area contributed by atoms with Crippen molar-refractivity contribution in [2.75, 3.05) is 6.54 Å². The van der Waals surface area contributed by atoms with Gasteiger partial charge in [0.15, 0.2) is 0 Å². The van der Waals surface area contributed by atoms with Crippen molar-refractivity contribution in [2.24, 2.45) is 5.73 Å². The van der Waals surface area contributed by atoms with Gasteiger partial charge in [-0.2, -0.15) is 5.10 Å². The summed E-state index contributed by atoms with van der Waals surface area (Å²) in [7, 11) is 0. The summed E-state index contributed by atoms with van der Waals surface area (Å²) in [6.07, 6.45) is 1.49. The number of hydrogen-bond donors (Lipinski definition) is 2. The SMILES string of the molecule is CCc1nn(CC)c(CC(O)CCN)c1Cl. The molecule has 0 bridgehead atoms. The molecule has 1 aromatic heterocycles. The minimum Gasteiger partial charge on any atom is -0.393 e. The molecule has 1 aromatic rings. The number of rotatable bonds is 6. The zero-order valence-corrected chi connectivity index (χ0v) is 10.7. The van der Waals surface area contributed by atoms with Gasteiger partial charge >= 0.3 is 0 Å². The first-order valence-corrected chi connectivity index (χ1v) is 6.13. The summed E-state index contributed by atoms with van der Waals surface area (Å²) < 4.78 is 1.86. The number of aliphatic hydroxyl groups is 1. The molecule has 5 heteroatoms. The average Bonchev–Trinajstić information content (AvgIpc) is 2.56. The number of nitrogens with zero attached hydrogens (tertiary/aromatic N) is 2. The second-order valence-electron chi connectivity index (χ2n) is 3.81. The van der Waals surface area contributed by atoms with Crippen molar-refractivity contribution in [1.82, 2.24) is 9.78 Å². The van der Waals surface area contributed by atoms with E-state index in [1.54, 1.807) is 0 Å². The minimum absolute atomic E-state index is 0.436.